The molecule has 0 bridgehead atoms. The first-order valence-electron chi connectivity index (χ1n) is 8.21. The van der Waals surface area contributed by atoms with Crippen LogP contribution in [0.15, 0.2) is 29.1 Å². The van der Waals surface area contributed by atoms with Crippen LogP contribution < -0.4 is 15.2 Å². The Morgan fingerprint density at radius 3 is 2.46 bits per heavy atom. The molecule has 128 valence electrons. The summed E-state index contributed by atoms with van der Waals surface area (Å²) in [5, 5.41) is 10.3. The third-order valence-corrected chi connectivity index (χ3v) is 4.42. The van der Waals surface area contributed by atoms with Crippen molar-refractivity contribution in [2.24, 2.45) is 14.1 Å². The lowest BCUT2D eigenvalue weighted by Crippen LogP contribution is -2.53. The summed E-state index contributed by atoms with van der Waals surface area (Å²) >= 11 is 0. The van der Waals surface area contributed by atoms with Gasteiger partial charge in [0.1, 0.15) is 17.1 Å². The lowest BCUT2D eigenvalue weighted by atomic mass is 10.1. The summed E-state index contributed by atoms with van der Waals surface area (Å²) in [5.74, 6) is 0.235. The fourth-order valence-electron chi connectivity index (χ4n) is 2.69. The molecule has 1 heterocycles. The second-order valence-electron chi connectivity index (χ2n) is 5.86. The minimum Gasteiger partial charge on any atom is -0.507 e. The highest BCUT2D eigenvalue weighted by atomic mass is 16.3. The average molecular weight is 328 g/mol. The largest absolute Gasteiger partial charge is 0.507 e. The van der Waals surface area contributed by atoms with E-state index in [-0.39, 0.29) is 11.4 Å². The molecule has 0 unspecified atom stereocenters. The zero-order chi connectivity index (χ0) is 17.9. The van der Waals surface area contributed by atoms with Crippen LogP contribution in [0.25, 0.3) is 12.2 Å². The quantitative estimate of drug-likeness (QED) is 0.857. The number of phenols is 1. The standard InChI is InChI=1S/C19H25N3O2/c1-6-22(7-2)17-11-9-15(18(23)13-17)8-10-16-12-14(3)20(4)19(24)21(16)5/h8-13H,6-7H2,1-5H3/p+1. The third-order valence-electron chi connectivity index (χ3n) is 4.42. The summed E-state index contributed by atoms with van der Waals surface area (Å²) in [7, 11) is 3.49. The van der Waals surface area contributed by atoms with Crippen molar-refractivity contribution < 1.29 is 9.67 Å². The van der Waals surface area contributed by atoms with E-state index in [0.29, 0.717) is 0 Å². The van der Waals surface area contributed by atoms with Crippen molar-refractivity contribution in [2.75, 3.05) is 18.0 Å². The summed E-state index contributed by atoms with van der Waals surface area (Å²) in [6, 6.07) is 7.62. The maximum atomic E-state index is 12.1. The number of aryl methyl sites for hydroxylation is 1. The molecular weight excluding hydrogens is 302 g/mol. The molecule has 0 saturated carbocycles. The van der Waals surface area contributed by atoms with Crippen molar-refractivity contribution in [2.45, 2.75) is 20.8 Å². The molecule has 0 radical (unpaired) electrons. The summed E-state index contributed by atoms with van der Waals surface area (Å²) in [6.45, 7) is 7.87. The summed E-state index contributed by atoms with van der Waals surface area (Å²) < 4.78 is 3.19. The number of phenolic OH excluding ortho intramolecular Hbond substituents is 1. The zero-order valence-electron chi connectivity index (χ0n) is 15.1. The second kappa shape index (κ2) is 7.34. The molecular formula is C19H26N3O2+. The second-order valence-corrected chi connectivity index (χ2v) is 5.86. The normalized spacial score (nSPS) is 11.2. The first kappa shape index (κ1) is 17.8. The van der Waals surface area contributed by atoms with Crippen molar-refractivity contribution in [3.8, 4) is 5.75 Å². The lowest BCUT2D eigenvalue weighted by molar-refractivity contribution is -0.692. The topological polar surface area (TPSA) is 49.4 Å². The van der Waals surface area contributed by atoms with E-state index in [4.69, 9.17) is 0 Å². The van der Waals surface area contributed by atoms with Gasteiger partial charge in [0, 0.05) is 36.5 Å². The Balaban J connectivity index is 2.35. The van der Waals surface area contributed by atoms with E-state index < -0.39 is 0 Å². The predicted molar refractivity (Wildman–Crippen MR) is 98.2 cm³/mol. The predicted octanol–water partition coefficient (Wildman–Crippen LogP) is 2.24. The molecule has 5 heteroatoms. The van der Waals surface area contributed by atoms with Crippen molar-refractivity contribution in [3.05, 3.63) is 51.7 Å². The van der Waals surface area contributed by atoms with Gasteiger partial charge in [0.2, 0.25) is 0 Å². The number of nitrogens with zero attached hydrogens (tertiary/aromatic N) is 3. The van der Waals surface area contributed by atoms with Crippen LogP contribution in [0.2, 0.25) is 0 Å². The van der Waals surface area contributed by atoms with E-state index in [2.05, 4.69) is 18.7 Å². The SMILES string of the molecule is CCN(CC)c1ccc(C=Cc2cc(C)n(C)c(=O)[n+]2C)c(O)c1. The molecule has 0 aliphatic carbocycles. The number of aromatic nitrogens is 2. The molecule has 5 nitrogen and oxygen atoms in total. The molecule has 0 saturated heterocycles. The first-order valence-corrected chi connectivity index (χ1v) is 8.21. The van der Waals surface area contributed by atoms with E-state index in [1.54, 1.807) is 29.3 Å². The van der Waals surface area contributed by atoms with Gasteiger partial charge < -0.3 is 10.0 Å². The Hall–Kier alpha value is -2.56. The van der Waals surface area contributed by atoms with E-state index in [1.807, 2.05) is 37.3 Å². The summed E-state index contributed by atoms with van der Waals surface area (Å²) in [6.07, 6.45) is 3.68. The summed E-state index contributed by atoms with van der Waals surface area (Å²) in [5.41, 5.74) is 3.34. The highest BCUT2D eigenvalue weighted by Crippen LogP contribution is 2.26. The van der Waals surface area contributed by atoms with Gasteiger partial charge in [-0.25, -0.2) is 0 Å². The van der Waals surface area contributed by atoms with Crippen LogP contribution in [0.3, 0.4) is 0 Å². The van der Waals surface area contributed by atoms with Crippen LogP contribution in [0.4, 0.5) is 5.69 Å². The van der Waals surface area contributed by atoms with Crippen molar-refractivity contribution in [1.82, 2.24) is 4.57 Å². The number of rotatable bonds is 5. The molecule has 0 spiro atoms. The minimum absolute atomic E-state index is 0.0734. The van der Waals surface area contributed by atoms with Gasteiger partial charge in [0.05, 0.1) is 14.1 Å². The van der Waals surface area contributed by atoms with E-state index in [9.17, 15) is 9.90 Å². The van der Waals surface area contributed by atoms with E-state index in [0.717, 1.165) is 35.7 Å². The zero-order valence-corrected chi connectivity index (χ0v) is 15.1. The molecule has 1 aromatic carbocycles. The molecule has 0 aliphatic heterocycles. The molecule has 0 atom stereocenters. The van der Waals surface area contributed by atoms with Crippen LogP contribution in [0, 0.1) is 6.92 Å². The fourth-order valence-corrected chi connectivity index (χ4v) is 2.69. The molecule has 0 amide bonds. The van der Waals surface area contributed by atoms with Gasteiger partial charge in [-0.15, -0.1) is 0 Å². The Kier molecular flexibility index (Phi) is 5.44. The van der Waals surface area contributed by atoms with E-state index in [1.165, 1.54) is 0 Å². The fraction of sp³-hybridized carbons (Fsp3) is 0.368. The molecule has 1 aromatic heterocycles. The highest BCUT2D eigenvalue weighted by molar-refractivity contribution is 5.72. The van der Waals surface area contributed by atoms with Crippen molar-refractivity contribution in [3.63, 3.8) is 0 Å². The van der Waals surface area contributed by atoms with Gasteiger partial charge in [-0.1, -0.05) is 0 Å². The van der Waals surface area contributed by atoms with Crippen LogP contribution >= 0.6 is 0 Å². The van der Waals surface area contributed by atoms with Crippen LogP contribution in [0.5, 0.6) is 5.75 Å². The molecule has 1 N–H and O–H groups in total. The number of hydrogen-bond donors (Lipinski definition) is 1. The van der Waals surface area contributed by atoms with Crippen LogP contribution in [-0.4, -0.2) is 22.8 Å². The Labute approximate surface area is 143 Å². The maximum Gasteiger partial charge on any atom is 0.498 e. The molecule has 0 fully saturated rings. The monoisotopic (exact) mass is 328 g/mol. The highest BCUT2D eigenvalue weighted by Gasteiger charge is 2.11. The summed E-state index contributed by atoms with van der Waals surface area (Å²) in [4.78, 5) is 14.3. The van der Waals surface area contributed by atoms with Gasteiger partial charge in [-0.3, -0.25) is 0 Å². The van der Waals surface area contributed by atoms with Gasteiger partial charge in [0.25, 0.3) is 0 Å². The number of aromatic hydroxyl groups is 1. The van der Waals surface area contributed by atoms with Gasteiger partial charge >= 0.3 is 5.69 Å². The number of benzene rings is 1. The van der Waals surface area contributed by atoms with Crippen LogP contribution in [-0.2, 0) is 14.1 Å². The molecule has 24 heavy (non-hydrogen) atoms. The molecule has 0 aliphatic rings. The number of anilines is 1. The van der Waals surface area contributed by atoms with E-state index >= 15 is 0 Å². The van der Waals surface area contributed by atoms with Gasteiger partial charge in [-0.2, -0.15) is 13.9 Å². The van der Waals surface area contributed by atoms with Crippen molar-refractivity contribution in [1.29, 1.82) is 0 Å². The van der Waals surface area contributed by atoms with Crippen LogP contribution in [0.1, 0.15) is 30.8 Å². The lowest BCUT2D eigenvalue weighted by Gasteiger charge is -2.21. The Morgan fingerprint density at radius 1 is 1.21 bits per heavy atom. The average Bonchev–Trinajstić information content (AvgIpc) is 2.57. The smallest absolute Gasteiger partial charge is 0.498 e. The third kappa shape index (κ3) is 3.50. The van der Waals surface area contributed by atoms with Gasteiger partial charge in [0.15, 0.2) is 0 Å². The molecule has 2 aromatic rings. The Bertz CT molecular complexity index is 818. The minimum atomic E-state index is -0.0734. The maximum absolute atomic E-state index is 12.1. The first-order chi connectivity index (χ1) is 11.4. The van der Waals surface area contributed by atoms with Crippen molar-refractivity contribution >= 4 is 17.8 Å². The molecule has 2 rings (SSSR count). The Morgan fingerprint density at radius 2 is 1.88 bits per heavy atom. The number of hydrogen-bond acceptors (Lipinski definition) is 3. The van der Waals surface area contributed by atoms with Gasteiger partial charge in [-0.05, 0) is 45.1 Å².